The smallest absolute Gasteiger partial charge is 0.342 e. The Labute approximate surface area is 262 Å². The average molecular weight is 608 g/mol. The van der Waals surface area contributed by atoms with Crippen LogP contribution in [0.5, 0.6) is 0 Å². The zero-order valence-corrected chi connectivity index (χ0v) is 28.6. The second-order valence-electron chi connectivity index (χ2n) is 14.9. The average Bonchev–Trinajstić information content (AvgIpc) is 3.33. The number of benzene rings is 1. The number of thioether (sulfide) groups is 1. The molecule has 1 N–H and O–H groups in total. The minimum Gasteiger partial charge on any atom is -0.458 e. The number of aromatic amines is 1. The summed E-state index contributed by atoms with van der Waals surface area (Å²) < 4.78 is 8.14. The summed E-state index contributed by atoms with van der Waals surface area (Å²) in [5.41, 5.74) is 1.91. The van der Waals surface area contributed by atoms with Crippen molar-refractivity contribution in [2.24, 2.45) is 34.5 Å². The summed E-state index contributed by atoms with van der Waals surface area (Å²) in [6.07, 6.45) is 8.16. The third-order valence-electron chi connectivity index (χ3n) is 9.48. The summed E-state index contributed by atoms with van der Waals surface area (Å²) in [4.78, 5) is 35.7. The largest absolute Gasteiger partial charge is 0.458 e. The molecule has 0 bridgehead atoms. The Morgan fingerprint density at radius 3 is 2.26 bits per heavy atom. The number of H-pyrrole nitrogens is 1. The van der Waals surface area contributed by atoms with Gasteiger partial charge in [-0.3, -0.25) is 9.38 Å². The van der Waals surface area contributed by atoms with E-state index in [1.807, 2.05) is 30.3 Å². The number of nitrogens with zero attached hydrogens (tertiary/aromatic N) is 2. The van der Waals surface area contributed by atoms with Crippen LogP contribution in [0.2, 0.25) is 0 Å². The van der Waals surface area contributed by atoms with Gasteiger partial charge in [0.05, 0.1) is 0 Å². The minimum absolute atomic E-state index is 0.0268. The quantitative estimate of drug-likeness (QED) is 0.184. The molecule has 0 saturated heterocycles. The molecule has 236 valence electrons. The van der Waals surface area contributed by atoms with Gasteiger partial charge in [-0.25, -0.2) is 14.6 Å². The van der Waals surface area contributed by atoms with Crippen LogP contribution < -0.4 is 5.69 Å². The molecule has 4 rings (SSSR count). The van der Waals surface area contributed by atoms with Gasteiger partial charge in [0.15, 0.2) is 10.8 Å². The maximum Gasteiger partial charge on any atom is 0.342 e. The monoisotopic (exact) mass is 607 g/mol. The van der Waals surface area contributed by atoms with Crippen molar-refractivity contribution in [2.75, 3.05) is 5.75 Å². The summed E-state index contributed by atoms with van der Waals surface area (Å²) in [6.45, 7) is 20.3. The number of hydrogen-bond acceptors (Lipinski definition) is 5. The van der Waals surface area contributed by atoms with Crippen LogP contribution in [0.15, 0.2) is 46.5 Å². The lowest BCUT2D eigenvalue weighted by molar-refractivity contribution is -0.0922. The van der Waals surface area contributed by atoms with Crippen molar-refractivity contribution >= 4 is 23.4 Å². The number of esters is 1. The number of carbonyl (C=O) groups is 1. The lowest BCUT2D eigenvalue weighted by atomic mass is 9.59. The number of unbranched alkanes of at least 4 members (excludes halogenated alkanes) is 1. The zero-order chi connectivity index (χ0) is 31.5. The van der Waals surface area contributed by atoms with Crippen molar-refractivity contribution in [1.82, 2.24) is 14.4 Å². The molecule has 0 spiro atoms. The lowest BCUT2D eigenvalue weighted by Crippen LogP contribution is -2.49. The van der Waals surface area contributed by atoms with Gasteiger partial charge in [-0.05, 0) is 47.5 Å². The van der Waals surface area contributed by atoms with E-state index in [0.29, 0.717) is 33.8 Å². The molecule has 1 saturated carbocycles. The summed E-state index contributed by atoms with van der Waals surface area (Å²) in [6, 6.07) is 9.77. The fraction of sp³-hybridized carbons (Fsp3) is 0.639. The van der Waals surface area contributed by atoms with Gasteiger partial charge in [-0.2, -0.15) is 0 Å². The third-order valence-corrected chi connectivity index (χ3v) is 10.6. The first-order valence-corrected chi connectivity index (χ1v) is 17.3. The number of aromatic nitrogens is 3. The lowest BCUT2D eigenvalue weighted by Gasteiger charge is -2.50. The Hall–Kier alpha value is -2.54. The van der Waals surface area contributed by atoms with Gasteiger partial charge in [-0.15, -0.1) is 0 Å². The summed E-state index contributed by atoms with van der Waals surface area (Å²) in [5.74, 6) is 2.03. The SMILES string of the molecule is CCCCC(CC)CSc1nc2c(C(=O)OC3C(C(C)(C)C)CC(C)CC3C(C)(C)C)c(-c3ccccc3)cn2c(=O)[nH]1. The Bertz CT molecular complexity index is 1410. The van der Waals surface area contributed by atoms with E-state index >= 15 is 0 Å². The predicted molar refractivity (Wildman–Crippen MR) is 179 cm³/mol. The van der Waals surface area contributed by atoms with Crippen LogP contribution in [0.4, 0.5) is 0 Å². The molecule has 2 aromatic heterocycles. The molecule has 1 fully saturated rings. The number of fused-ring (bicyclic) bond motifs is 1. The fourth-order valence-electron chi connectivity index (χ4n) is 6.79. The van der Waals surface area contributed by atoms with Gasteiger partial charge in [0.1, 0.15) is 11.7 Å². The highest BCUT2D eigenvalue weighted by atomic mass is 32.2. The molecule has 3 unspecified atom stereocenters. The first kappa shape index (κ1) is 33.4. The van der Waals surface area contributed by atoms with E-state index in [4.69, 9.17) is 9.72 Å². The van der Waals surface area contributed by atoms with E-state index in [1.54, 1.807) is 18.0 Å². The van der Waals surface area contributed by atoms with E-state index in [0.717, 1.165) is 37.0 Å². The second-order valence-corrected chi connectivity index (χ2v) is 16.0. The maximum atomic E-state index is 14.5. The molecule has 1 aromatic carbocycles. The van der Waals surface area contributed by atoms with Crippen LogP contribution in [0.1, 0.15) is 111 Å². The number of hydrogen-bond donors (Lipinski definition) is 1. The van der Waals surface area contributed by atoms with E-state index in [-0.39, 0.29) is 34.5 Å². The highest BCUT2D eigenvalue weighted by Crippen LogP contribution is 2.50. The Balaban J connectivity index is 1.80. The standard InChI is InChI=1S/C36H53N3O3S/c1-10-12-16-24(11-2)22-43-33-37-31-29(26(21-39(31)34(41)38-33)25-17-14-13-15-18-25)32(40)42-30-27(35(4,5)6)19-23(3)20-28(30)36(7,8)9/h13-15,17-18,21,23-24,27-28,30H,10-12,16,19-20,22H2,1-9H3,(H,37,38,41). The minimum atomic E-state index is -0.396. The highest BCUT2D eigenvalue weighted by molar-refractivity contribution is 7.99. The molecule has 2 heterocycles. The molecule has 1 aliphatic rings. The topological polar surface area (TPSA) is 76.5 Å². The van der Waals surface area contributed by atoms with Crippen molar-refractivity contribution in [1.29, 1.82) is 0 Å². The van der Waals surface area contributed by atoms with Gasteiger partial charge in [-0.1, -0.05) is 124 Å². The molecule has 43 heavy (non-hydrogen) atoms. The van der Waals surface area contributed by atoms with Crippen molar-refractivity contribution < 1.29 is 9.53 Å². The number of ether oxygens (including phenoxy) is 1. The van der Waals surface area contributed by atoms with Crippen LogP contribution in [-0.4, -0.2) is 32.2 Å². The molecule has 6 nitrogen and oxygen atoms in total. The van der Waals surface area contributed by atoms with Gasteiger partial charge in [0.25, 0.3) is 0 Å². The maximum absolute atomic E-state index is 14.5. The van der Waals surface area contributed by atoms with Crippen LogP contribution in [0.25, 0.3) is 16.8 Å². The van der Waals surface area contributed by atoms with Crippen molar-refractivity contribution in [3.63, 3.8) is 0 Å². The van der Waals surface area contributed by atoms with E-state index in [9.17, 15) is 9.59 Å². The first-order chi connectivity index (χ1) is 20.2. The molecular formula is C36H53N3O3S. The normalized spacial score (nSPS) is 22.1. The van der Waals surface area contributed by atoms with Crippen molar-refractivity contribution in [3.05, 3.63) is 52.6 Å². The molecule has 3 atom stereocenters. The molecule has 0 radical (unpaired) electrons. The Kier molecular flexibility index (Phi) is 10.6. The van der Waals surface area contributed by atoms with Crippen LogP contribution in [0, 0.1) is 34.5 Å². The van der Waals surface area contributed by atoms with Crippen LogP contribution >= 0.6 is 11.8 Å². The number of rotatable bonds is 10. The highest BCUT2D eigenvalue weighted by Gasteiger charge is 2.48. The van der Waals surface area contributed by atoms with Crippen LogP contribution in [-0.2, 0) is 4.74 Å². The Morgan fingerprint density at radius 2 is 1.70 bits per heavy atom. The van der Waals surface area contributed by atoms with Gasteiger partial charge >= 0.3 is 11.7 Å². The molecular weight excluding hydrogens is 554 g/mol. The first-order valence-electron chi connectivity index (χ1n) is 16.3. The Morgan fingerprint density at radius 1 is 1.07 bits per heavy atom. The molecule has 0 aliphatic heterocycles. The van der Waals surface area contributed by atoms with Crippen molar-refractivity contribution in [2.45, 2.75) is 112 Å². The molecule has 0 amide bonds. The number of carbonyl (C=O) groups excluding carboxylic acids is 1. The molecule has 3 aromatic rings. The fourth-order valence-corrected chi connectivity index (χ4v) is 7.90. The van der Waals surface area contributed by atoms with Gasteiger partial charge < -0.3 is 4.74 Å². The van der Waals surface area contributed by atoms with Crippen molar-refractivity contribution in [3.8, 4) is 11.1 Å². The van der Waals surface area contributed by atoms with E-state index < -0.39 is 5.97 Å². The third kappa shape index (κ3) is 7.76. The number of nitrogens with one attached hydrogen (secondary N) is 1. The van der Waals surface area contributed by atoms with Gasteiger partial charge in [0.2, 0.25) is 0 Å². The summed E-state index contributed by atoms with van der Waals surface area (Å²) >= 11 is 1.57. The van der Waals surface area contributed by atoms with Gasteiger partial charge in [0, 0.05) is 29.3 Å². The van der Waals surface area contributed by atoms with E-state index in [1.165, 1.54) is 17.2 Å². The summed E-state index contributed by atoms with van der Waals surface area (Å²) in [7, 11) is 0. The second kappa shape index (κ2) is 13.6. The predicted octanol–water partition coefficient (Wildman–Crippen LogP) is 9.28. The zero-order valence-electron chi connectivity index (χ0n) is 27.8. The summed E-state index contributed by atoms with van der Waals surface area (Å²) in [5, 5.41) is 0.547. The molecule has 7 heteroatoms. The molecule has 1 aliphatic carbocycles. The van der Waals surface area contributed by atoms with Crippen LogP contribution in [0.3, 0.4) is 0 Å². The van der Waals surface area contributed by atoms with E-state index in [2.05, 4.69) is 67.3 Å².